The van der Waals surface area contributed by atoms with E-state index < -0.39 is 12.3 Å². The first-order valence-corrected chi connectivity index (χ1v) is 12.6. The second-order valence-electron chi connectivity index (χ2n) is 10.5. The number of amides is 1. The van der Waals surface area contributed by atoms with Gasteiger partial charge in [0.15, 0.2) is 6.29 Å². The molecular weight excluding hydrogens is 435 g/mol. The van der Waals surface area contributed by atoms with Gasteiger partial charge in [-0.2, -0.15) is 4.39 Å². The zero-order chi connectivity index (χ0) is 24.0. The van der Waals surface area contributed by atoms with Crippen LogP contribution in [0.15, 0.2) is 34.7 Å². The Kier molecular flexibility index (Phi) is 6.42. The highest BCUT2D eigenvalue weighted by Crippen LogP contribution is 2.47. The van der Waals surface area contributed by atoms with Crippen LogP contribution in [0.5, 0.6) is 0 Å². The number of carbonyl (C=O) groups is 1. The van der Waals surface area contributed by atoms with Gasteiger partial charge in [-0.3, -0.25) is 4.79 Å². The van der Waals surface area contributed by atoms with Gasteiger partial charge in [0.25, 0.3) is 6.01 Å². The summed E-state index contributed by atoms with van der Waals surface area (Å²) in [6.45, 7) is 3.68. The van der Waals surface area contributed by atoms with Gasteiger partial charge >= 0.3 is 0 Å². The van der Waals surface area contributed by atoms with E-state index in [1.165, 1.54) is 6.07 Å². The van der Waals surface area contributed by atoms with E-state index in [4.69, 9.17) is 4.42 Å². The number of aliphatic hydroxyl groups excluding tert-OH is 1. The fourth-order valence-corrected chi connectivity index (χ4v) is 6.85. The Hall–Kier alpha value is -2.38. The molecule has 5 unspecified atom stereocenters. The van der Waals surface area contributed by atoms with E-state index in [2.05, 4.69) is 24.9 Å². The third kappa shape index (κ3) is 4.13. The van der Waals surface area contributed by atoms with E-state index in [0.717, 1.165) is 62.0 Å². The van der Waals surface area contributed by atoms with Gasteiger partial charge < -0.3 is 24.4 Å². The number of hydrogen-bond acceptors (Lipinski definition) is 5. The number of carbonyl (C=O) groups excluding carboxylic acids is 1. The van der Waals surface area contributed by atoms with E-state index in [1.54, 1.807) is 6.07 Å². The first-order chi connectivity index (χ1) is 16.3. The Morgan fingerprint density at radius 3 is 2.74 bits per heavy atom. The molecule has 2 aliphatic heterocycles. The van der Waals surface area contributed by atoms with Crippen LogP contribution in [0.2, 0.25) is 0 Å². The average Bonchev–Trinajstić information content (AvgIpc) is 3.41. The first kappa shape index (κ1) is 23.4. The number of furan rings is 1. The second kappa shape index (κ2) is 9.34. The van der Waals surface area contributed by atoms with Crippen molar-refractivity contribution in [1.29, 1.82) is 0 Å². The average molecular weight is 471 g/mol. The van der Waals surface area contributed by atoms with Crippen molar-refractivity contribution in [3.05, 3.63) is 41.9 Å². The van der Waals surface area contributed by atoms with Gasteiger partial charge in [-0.05, 0) is 55.2 Å². The second-order valence-corrected chi connectivity index (χ2v) is 10.5. The highest BCUT2D eigenvalue weighted by Gasteiger charge is 2.43. The summed E-state index contributed by atoms with van der Waals surface area (Å²) in [4.78, 5) is 17.8. The fraction of sp³-hybridized carbons (Fsp3) is 0.593. The number of likely N-dealkylation sites (tertiary alicyclic amines) is 1. The molecule has 2 N–H and O–H groups in total. The van der Waals surface area contributed by atoms with E-state index in [1.807, 2.05) is 17.0 Å². The van der Waals surface area contributed by atoms with Gasteiger partial charge in [0, 0.05) is 61.8 Å². The van der Waals surface area contributed by atoms with E-state index in [0.29, 0.717) is 12.2 Å². The molecule has 0 radical (unpaired) electrons. The van der Waals surface area contributed by atoms with E-state index in [-0.39, 0.29) is 35.6 Å². The lowest BCUT2D eigenvalue weighted by Gasteiger charge is -2.48. The van der Waals surface area contributed by atoms with E-state index in [9.17, 15) is 19.4 Å². The third-order valence-electron chi connectivity index (χ3n) is 8.48. The number of halogens is 1. The molecule has 0 bridgehead atoms. The van der Waals surface area contributed by atoms with Crippen molar-refractivity contribution in [2.75, 3.05) is 25.0 Å². The summed E-state index contributed by atoms with van der Waals surface area (Å²) in [6.07, 6.45) is 3.68. The number of piperidine rings is 1. The SMILES string of the molecule is CC(CC(=O)N1CCCC2C(C(O)O)CCCC21)C1CN(C)c2cccc(-c3ccc(F)o3)c21. The summed E-state index contributed by atoms with van der Waals surface area (Å²) in [6, 6.07) is 8.51. The number of fused-ring (bicyclic) bond motifs is 2. The molecule has 184 valence electrons. The predicted molar refractivity (Wildman–Crippen MR) is 128 cm³/mol. The highest BCUT2D eigenvalue weighted by atomic mass is 19.1. The summed E-state index contributed by atoms with van der Waals surface area (Å²) in [5.74, 6) is 0.933. The van der Waals surface area contributed by atoms with Crippen LogP contribution in [0.4, 0.5) is 10.1 Å². The number of nitrogens with zero attached hydrogens (tertiary/aromatic N) is 2. The number of rotatable bonds is 5. The molecule has 3 aliphatic rings. The van der Waals surface area contributed by atoms with Crippen LogP contribution >= 0.6 is 0 Å². The zero-order valence-corrected chi connectivity index (χ0v) is 20.0. The van der Waals surface area contributed by atoms with Gasteiger partial charge in [-0.25, -0.2) is 0 Å². The molecule has 3 heterocycles. The number of likely N-dealkylation sites (N-methyl/N-ethyl adjacent to an activating group) is 1. The van der Waals surface area contributed by atoms with Crippen LogP contribution in [0.3, 0.4) is 0 Å². The van der Waals surface area contributed by atoms with Gasteiger partial charge in [0.1, 0.15) is 5.76 Å². The molecule has 6 nitrogen and oxygen atoms in total. The molecule has 0 spiro atoms. The smallest absolute Gasteiger partial charge is 0.278 e. The maximum absolute atomic E-state index is 13.6. The van der Waals surface area contributed by atoms with Crippen molar-refractivity contribution in [3.8, 4) is 11.3 Å². The van der Waals surface area contributed by atoms with Gasteiger partial charge in [0.2, 0.25) is 5.91 Å². The number of aliphatic hydroxyl groups is 2. The molecule has 2 fully saturated rings. The van der Waals surface area contributed by atoms with Crippen molar-refractivity contribution in [2.24, 2.45) is 17.8 Å². The number of anilines is 1. The maximum atomic E-state index is 13.6. The van der Waals surface area contributed by atoms with Crippen molar-refractivity contribution < 1.29 is 23.8 Å². The van der Waals surface area contributed by atoms with Crippen LogP contribution in [0.25, 0.3) is 11.3 Å². The normalized spacial score (nSPS) is 27.6. The van der Waals surface area contributed by atoms with Gasteiger partial charge in [-0.15, -0.1) is 0 Å². The molecule has 34 heavy (non-hydrogen) atoms. The van der Waals surface area contributed by atoms with Crippen molar-refractivity contribution >= 4 is 11.6 Å². The summed E-state index contributed by atoms with van der Waals surface area (Å²) in [7, 11) is 2.05. The maximum Gasteiger partial charge on any atom is 0.278 e. The molecule has 1 aliphatic carbocycles. The van der Waals surface area contributed by atoms with Crippen LogP contribution in [0.1, 0.15) is 56.9 Å². The first-order valence-electron chi connectivity index (χ1n) is 12.6. The lowest BCUT2D eigenvalue weighted by Crippen LogP contribution is -2.54. The lowest BCUT2D eigenvalue weighted by atomic mass is 9.70. The van der Waals surface area contributed by atoms with Gasteiger partial charge in [0.05, 0.1) is 0 Å². The summed E-state index contributed by atoms with van der Waals surface area (Å²) < 4.78 is 19.0. The molecule has 2 aromatic rings. The highest BCUT2D eigenvalue weighted by molar-refractivity contribution is 5.79. The van der Waals surface area contributed by atoms with Crippen molar-refractivity contribution in [1.82, 2.24) is 4.90 Å². The third-order valence-corrected chi connectivity index (χ3v) is 8.48. The topological polar surface area (TPSA) is 77.2 Å². The van der Waals surface area contributed by atoms with Crippen molar-refractivity contribution in [2.45, 2.75) is 63.7 Å². The molecule has 7 heteroatoms. The molecule has 1 aromatic carbocycles. The Morgan fingerprint density at radius 2 is 2.00 bits per heavy atom. The Balaban J connectivity index is 1.36. The molecule has 5 rings (SSSR count). The number of benzene rings is 1. The monoisotopic (exact) mass is 470 g/mol. The standard InChI is InChI=1S/C27H35FN2O4/c1-16(14-25(31)30-13-5-8-17-18(27(32)33)6-3-9-21(17)30)20-15-29(2)22-10-4-7-19(26(20)22)23-11-12-24(28)34-23/h4,7,10-12,16-18,20-21,27,32-33H,3,5-6,8-9,13-15H2,1-2H3. The minimum Gasteiger partial charge on any atom is -0.431 e. The van der Waals surface area contributed by atoms with E-state index >= 15 is 0 Å². The van der Waals surface area contributed by atoms with Gasteiger partial charge in [-0.1, -0.05) is 25.5 Å². The molecular formula is C27H35FN2O4. The molecule has 1 aromatic heterocycles. The van der Waals surface area contributed by atoms with Crippen molar-refractivity contribution in [3.63, 3.8) is 0 Å². The molecule has 1 amide bonds. The lowest BCUT2D eigenvalue weighted by molar-refractivity contribution is -0.152. The fourth-order valence-electron chi connectivity index (χ4n) is 6.85. The van der Waals surface area contributed by atoms with Crippen LogP contribution in [-0.4, -0.2) is 53.5 Å². The summed E-state index contributed by atoms with van der Waals surface area (Å²) in [5, 5.41) is 19.8. The zero-order valence-electron chi connectivity index (χ0n) is 20.0. The largest absolute Gasteiger partial charge is 0.431 e. The Bertz CT molecular complexity index is 1040. The minimum absolute atomic E-state index is 0.0976. The summed E-state index contributed by atoms with van der Waals surface area (Å²) in [5.41, 5.74) is 3.11. The van der Waals surface area contributed by atoms with Crippen LogP contribution < -0.4 is 4.90 Å². The summed E-state index contributed by atoms with van der Waals surface area (Å²) >= 11 is 0. The molecule has 1 saturated heterocycles. The molecule has 5 atom stereocenters. The Morgan fingerprint density at radius 1 is 1.18 bits per heavy atom. The van der Waals surface area contributed by atoms with Crippen LogP contribution in [0, 0.1) is 23.8 Å². The van der Waals surface area contributed by atoms with Crippen LogP contribution in [-0.2, 0) is 4.79 Å². The molecule has 1 saturated carbocycles. The Labute approximate surface area is 200 Å². The minimum atomic E-state index is -1.31. The quantitative estimate of drug-likeness (QED) is 0.635. The predicted octanol–water partition coefficient (Wildman–Crippen LogP) is 4.36. The number of hydrogen-bond donors (Lipinski definition) is 2.